The molecule has 1 amide bonds. The number of nitrogens with one attached hydrogen (secondary N) is 1. The van der Waals surface area contributed by atoms with E-state index in [0.29, 0.717) is 11.6 Å². The molecule has 152 valence electrons. The van der Waals surface area contributed by atoms with Gasteiger partial charge in [-0.3, -0.25) is 4.79 Å². The number of carbonyl (C=O) groups is 1. The molecule has 0 radical (unpaired) electrons. The number of fused-ring (bicyclic) bond motifs is 1. The van der Waals surface area contributed by atoms with E-state index in [1.54, 1.807) is 0 Å². The molecule has 6 heteroatoms. The van der Waals surface area contributed by atoms with E-state index in [1.165, 1.54) is 17.3 Å². The summed E-state index contributed by atoms with van der Waals surface area (Å²) in [5, 5.41) is 4.51. The molecule has 0 aliphatic rings. The maximum absolute atomic E-state index is 12.5. The Kier molecular flexibility index (Phi) is 6.11. The van der Waals surface area contributed by atoms with Gasteiger partial charge in [0.2, 0.25) is 5.91 Å². The largest absolute Gasteiger partial charge is 0.325 e. The lowest BCUT2D eigenvalue weighted by molar-refractivity contribution is -0.113. The van der Waals surface area contributed by atoms with Gasteiger partial charge in [0.25, 0.3) is 0 Å². The Labute approximate surface area is 185 Å². The molecule has 30 heavy (non-hydrogen) atoms. The number of imidazole rings is 1. The lowest BCUT2D eigenvalue weighted by Crippen LogP contribution is -2.15. The number of hydrogen-bond acceptors (Lipinski definition) is 3. The van der Waals surface area contributed by atoms with Crippen LogP contribution in [0.25, 0.3) is 11.0 Å². The summed E-state index contributed by atoms with van der Waals surface area (Å²) in [4.78, 5) is 17.3. The van der Waals surface area contributed by atoms with Crippen molar-refractivity contribution in [2.24, 2.45) is 0 Å². The van der Waals surface area contributed by atoms with Crippen LogP contribution in [0.5, 0.6) is 0 Å². The number of aryl methyl sites for hydroxylation is 2. The Bertz CT molecular complexity index is 1200. The Balaban J connectivity index is 1.52. The lowest BCUT2D eigenvalue weighted by Gasteiger charge is -2.10. The molecule has 0 unspecified atom stereocenters. The van der Waals surface area contributed by atoms with E-state index in [9.17, 15) is 4.79 Å². The number of carbonyl (C=O) groups excluding carboxylic acids is 1. The highest BCUT2D eigenvalue weighted by Crippen LogP contribution is 2.26. The second-order valence-electron chi connectivity index (χ2n) is 7.23. The number of halogens is 1. The van der Waals surface area contributed by atoms with Crippen molar-refractivity contribution in [1.29, 1.82) is 0 Å². The number of thioether (sulfide) groups is 1. The van der Waals surface area contributed by atoms with Crippen LogP contribution in [0.4, 0.5) is 5.69 Å². The topological polar surface area (TPSA) is 46.9 Å². The highest BCUT2D eigenvalue weighted by molar-refractivity contribution is 7.99. The van der Waals surface area contributed by atoms with Gasteiger partial charge in [-0.15, -0.1) is 0 Å². The molecule has 0 atom stereocenters. The van der Waals surface area contributed by atoms with Gasteiger partial charge in [-0.1, -0.05) is 53.7 Å². The quantitative estimate of drug-likeness (QED) is 0.373. The number of para-hydroxylation sites is 2. The maximum Gasteiger partial charge on any atom is 0.234 e. The first-order chi connectivity index (χ1) is 14.5. The van der Waals surface area contributed by atoms with Crippen LogP contribution in [0.2, 0.25) is 5.02 Å². The molecule has 1 aromatic heterocycles. The van der Waals surface area contributed by atoms with Crippen LogP contribution in [0, 0.1) is 13.8 Å². The minimum atomic E-state index is -0.0478. The van der Waals surface area contributed by atoms with Crippen molar-refractivity contribution < 1.29 is 4.79 Å². The zero-order chi connectivity index (χ0) is 21.1. The summed E-state index contributed by atoms with van der Waals surface area (Å²) in [6.45, 7) is 4.76. The van der Waals surface area contributed by atoms with Crippen molar-refractivity contribution in [2.45, 2.75) is 25.5 Å². The average Bonchev–Trinajstić information content (AvgIpc) is 3.08. The smallest absolute Gasteiger partial charge is 0.234 e. The van der Waals surface area contributed by atoms with Gasteiger partial charge < -0.3 is 9.88 Å². The molecule has 0 aliphatic heterocycles. The molecule has 0 aliphatic carbocycles. The first-order valence-electron chi connectivity index (χ1n) is 9.69. The van der Waals surface area contributed by atoms with Crippen molar-refractivity contribution in [3.05, 3.63) is 88.4 Å². The molecule has 0 saturated heterocycles. The standard InChI is InChI=1S/C24H22ClN3OS/c1-16-7-12-20(13-17(16)2)26-23(29)15-30-24-27-21-5-3-4-6-22(21)28(24)14-18-8-10-19(25)11-9-18/h3-13H,14-15H2,1-2H3,(H,26,29). The molecule has 1 N–H and O–H groups in total. The van der Waals surface area contributed by atoms with Crippen LogP contribution in [0.15, 0.2) is 71.9 Å². The van der Waals surface area contributed by atoms with Crippen molar-refractivity contribution in [2.75, 3.05) is 11.1 Å². The number of aromatic nitrogens is 2. The van der Waals surface area contributed by atoms with E-state index < -0.39 is 0 Å². The van der Waals surface area contributed by atoms with Crippen LogP contribution in [0.3, 0.4) is 0 Å². The van der Waals surface area contributed by atoms with Crippen LogP contribution in [0.1, 0.15) is 16.7 Å². The SMILES string of the molecule is Cc1ccc(NC(=O)CSc2nc3ccccc3n2Cc2ccc(Cl)cc2)cc1C. The third-order valence-corrected chi connectivity index (χ3v) is 6.22. The second kappa shape index (κ2) is 8.94. The summed E-state index contributed by atoms with van der Waals surface area (Å²) in [5.41, 5.74) is 6.28. The highest BCUT2D eigenvalue weighted by Gasteiger charge is 2.14. The Morgan fingerprint density at radius 3 is 2.57 bits per heavy atom. The van der Waals surface area contributed by atoms with Crippen LogP contribution in [-0.4, -0.2) is 21.2 Å². The first kappa shape index (κ1) is 20.5. The van der Waals surface area contributed by atoms with E-state index in [4.69, 9.17) is 16.6 Å². The van der Waals surface area contributed by atoms with Crippen molar-refractivity contribution in [3.63, 3.8) is 0 Å². The number of nitrogens with zero attached hydrogens (tertiary/aromatic N) is 2. The third-order valence-electron chi connectivity index (χ3n) is 5.00. The third kappa shape index (κ3) is 4.69. The number of rotatable bonds is 6. The average molecular weight is 436 g/mol. The number of amides is 1. The zero-order valence-electron chi connectivity index (χ0n) is 16.9. The van der Waals surface area contributed by atoms with Crippen molar-refractivity contribution in [1.82, 2.24) is 9.55 Å². The maximum atomic E-state index is 12.5. The molecular formula is C24H22ClN3OS. The number of anilines is 1. The number of hydrogen-bond donors (Lipinski definition) is 1. The molecule has 4 aromatic rings. The van der Waals surface area contributed by atoms with Gasteiger partial charge in [-0.25, -0.2) is 4.98 Å². The summed E-state index contributed by atoms with van der Waals surface area (Å²) >= 11 is 7.47. The summed E-state index contributed by atoms with van der Waals surface area (Å²) < 4.78 is 2.15. The molecule has 0 fully saturated rings. The van der Waals surface area contributed by atoms with Gasteiger partial charge in [0.15, 0.2) is 5.16 Å². The van der Waals surface area contributed by atoms with E-state index in [2.05, 4.69) is 22.9 Å². The second-order valence-corrected chi connectivity index (χ2v) is 8.61. The minimum absolute atomic E-state index is 0.0478. The van der Waals surface area contributed by atoms with E-state index >= 15 is 0 Å². The van der Waals surface area contributed by atoms with Crippen molar-refractivity contribution >= 4 is 46.0 Å². The highest BCUT2D eigenvalue weighted by atomic mass is 35.5. The minimum Gasteiger partial charge on any atom is -0.325 e. The summed E-state index contributed by atoms with van der Waals surface area (Å²) in [7, 11) is 0. The predicted octanol–water partition coefficient (Wildman–Crippen LogP) is 6.09. The fourth-order valence-electron chi connectivity index (χ4n) is 3.24. The fourth-order valence-corrected chi connectivity index (χ4v) is 4.18. The van der Waals surface area contributed by atoms with Crippen molar-refractivity contribution in [3.8, 4) is 0 Å². The summed E-state index contributed by atoms with van der Waals surface area (Å²) in [5.74, 6) is 0.241. The first-order valence-corrected chi connectivity index (χ1v) is 11.1. The Morgan fingerprint density at radius 1 is 1.03 bits per heavy atom. The van der Waals surface area contributed by atoms with Crippen LogP contribution < -0.4 is 5.32 Å². The molecule has 0 spiro atoms. The summed E-state index contributed by atoms with van der Waals surface area (Å²) in [6.07, 6.45) is 0. The van der Waals surface area contributed by atoms with Gasteiger partial charge in [0, 0.05) is 10.7 Å². The lowest BCUT2D eigenvalue weighted by atomic mass is 10.1. The Hall–Kier alpha value is -2.76. The van der Waals surface area contributed by atoms with Gasteiger partial charge in [-0.2, -0.15) is 0 Å². The molecule has 0 saturated carbocycles. The molecule has 4 rings (SSSR count). The zero-order valence-corrected chi connectivity index (χ0v) is 18.4. The molecular weight excluding hydrogens is 414 g/mol. The Morgan fingerprint density at radius 2 is 1.80 bits per heavy atom. The molecule has 4 nitrogen and oxygen atoms in total. The predicted molar refractivity (Wildman–Crippen MR) is 126 cm³/mol. The van der Waals surface area contributed by atoms with Gasteiger partial charge >= 0.3 is 0 Å². The van der Waals surface area contributed by atoms with Crippen LogP contribution >= 0.6 is 23.4 Å². The normalized spacial score (nSPS) is 11.0. The molecule has 3 aromatic carbocycles. The molecule has 0 bridgehead atoms. The van der Waals surface area contributed by atoms with E-state index in [-0.39, 0.29) is 11.7 Å². The van der Waals surface area contributed by atoms with E-state index in [1.807, 2.05) is 67.6 Å². The molecule has 1 heterocycles. The van der Waals surface area contributed by atoms with Crippen LogP contribution in [-0.2, 0) is 11.3 Å². The fraction of sp³-hybridized carbons (Fsp3) is 0.167. The summed E-state index contributed by atoms with van der Waals surface area (Å²) in [6, 6.07) is 21.8. The van der Waals surface area contributed by atoms with E-state index in [0.717, 1.165) is 33.0 Å². The van der Waals surface area contributed by atoms with Gasteiger partial charge in [0.05, 0.1) is 23.3 Å². The van der Waals surface area contributed by atoms with Gasteiger partial charge in [0.1, 0.15) is 0 Å². The number of benzene rings is 3. The van der Waals surface area contributed by atoms with Gasteiger partial charge in [-0.05, 0) is 66.9 Å². The monoisotopic (exact) mass is 435 g/mol.